The van der Waals surface area contributed by atoms with Crippen LogP contribution in [0.1, 0.15) is 29.0 Å². The number of carboxylic acid groups (broad SMARTS) is 1. The van der Waals surface area contributed by atoms with Crippen LogP contribution in [-0.2, 0) is 15.3 Å². The Balaban J connectivity index is 1.29. The third-order valence-corrected chi connectivity index (χ3v) is 6.58. The fourth-order valence-corrected chi connectivity index (χ4v) is 4.91. The van der Waals surface area contributed by atoms with Crippen LogP contribution in [0.3, 0.4) is 0 Å². The first kappa shape index (κ1) is 22.8. The summed E-state index contributed by atoms with van der Waals surface area (Å²) in [5.74, 6) is -0.661. The molecule has 170 valence electrons. The Kier molecular flexibility index (Phi) is 7.24. The van der Waals surface area contributed by atoms with Crippen LogP contribution in [0.25, 0.3) is 11.1 Å². The second-order valence-corrected chi connectivity index (χ2v) is 8.82. The van der Waals surface area contributed by atoms with Crippen molar-refractivity contribution >= 4 is 23.8 Å². The number of aromatic nitrogens is 1. The van der Waals surface area contributed by atoms with E-state index in [0.717, 1.165) is 34.0 Å². The minimum absolute atomic E-state index is 0.0955. The van der Waals surface area contributed by atoms with Gasteiger partial charge in [-0.25, -0.2) is 14.0 Å². The number of carboxylic acids is 1. The van der Waals surface area contributed by atoms with Crippen molar-refractivity contribution in [2.45, 2.75) is 24.1 Å². The second kappa shape index (κ2) is 10.5. The van der Waals surface area contributed by atoms with E-state index in [9.17, 15) is 19.1 Å². The predicted octanol–water partition coefficient (Wildman–Crippen LogP) is 4.84. The maximum atomic E-state index is 13.2. The Hall–Kier alpha value is -3.39. The molecule has 3 aromatic rings. The van der Waals surface area contributed by atoms with Crippen LogP contribution in [0.4, 0.5) is 9.18 Å². The van der Waals surface area contributed by atoms with Crippen molar-refractivity contribution in [2.75, 3.05) is 12.4 Å². The molecular weight excluding hydrogens is 443 g/mol. The molecule has 0 radical (unpaired) electrons. The summed E-state index contributed by atoms with van der Waals surface area (Å²) >= 11 is 1.44. The number of pyridine rings is 1. The summed E-state index contributed by atoms with van der Waals surface area (Å²) in [5, 5.41) is 11.9. The fourth-order valence-electron chi connectivity index (χ4n) is 3.97. The highest BCUT2D eigenvalue weighted by atomic mass is 32.2. The molecule has 1 aliphatic rings. The summed E-state index contributed by atoms with van der Waals surface area (Å²) in [6.07, 6.45) is 2.16. The Bertz CT molecular complexity index is 1110. The van der Waals surface area contributed by atoms with E-state index < -0.39 is 23.9 Å². The molecule has 0 bridgehead atoms. The smallest absolute Gasteiger partial charge is 0.407 e. The molecule has 33 heavy (non-hydrogen) atoms. The lowest BCUT2D eigenvalue weighted by atomic mass is 9.98. The Morgan fingerprint density at radius 2 is 1.76 bits per heavy atom. The number of aliphatic carboxylic acids is 1. The van der Waals surface area contributed by atoms with Gasteiger partial charge in [-0.15, -0.1) is 0 Å². The maximum absolute atomic E-state index is 13.2. The predicted molar refractivity (Wildman–Crippen MR) is 125 cm³/mol. The number of ether oxygens (including phenoxy) is 1. The van der Waals surface area contributed by atoms with E-state index in [2.05, 4.69) is 10.3 Å². The number of nitrogens with zero attached hydrogens (tertiary/aromatic N) is 1. The molecule has 0 spiro atoms. The minimum Gasteiger partial charge on any atom is -0.480 e. The number of fused-ring (bicyclic) bond motifs is 3. The molecule has 6 nitrogen and oxygen atoms in total. The van der Waals surface area contributed by atoms with Gasteiger partial charge in [0.25, 0.3) is 0 Å². The molecule has 1 amide bonds. The summed E-state index contributed by atoms with van der Waals surface area (Å²) in [6, 6.07) is 16.3. The third-order valence-electron chi connectivity index (χ3n) is 5.51. The lowest BCUT2D eigenvalue weighted by Gasteiger charge is -2.17. The van der Waals surface area contributed by atoms with Crippen LogP contribution >= 0.6 is 11.8 Å². The summed E-state index contributed by atoms with van der Waals surface area (Å²) in [4.78, 5) is 27.8. The number of carbonyl (C=O) groups is 2. The number of thioether (sulfide) groups is 1. The minimum atomic E-state index is -1.13. The molecule has 4 rings (SSSR count). The van der Waals surface area contributed by atoms with E-state index in [1.807, 2.05) is 48.5 Å². The number of rotatable bonds is 9. The van der Waals surface area contributed by atoms with E-state index in [0.29, 0.717) is 11.5 Å². The highest BCUT2D eigenvalue weighted by molar-refractivity contribution is 7.98. The van der Waals surface area contributed by atoms with E-state index in [4.69, 9.17) is 4.74 Å². The summed E-state index contributed by atoms with van der Waals surface area (Å²) < 4.78 is 18.6. The number of carbonyl (C=O) groups excluding carboxylic acids is 1. The zero-order chi connectivity index (χ0) is 23.2. The van der Waals surface area contributed by atoms with Crippen molar-refractivity contribution in [1.82, 2.24) is 10.3 Å². The summed E-state index contributed by atoms with van der Waals surface area (Å²) in [5.41, 5.74) is 5.14. The molecule has 1 heterocycles. The summed E-state index contributed by atoms with van der Waals surface area (Å²) in [6.45, 7) is 0.119. The number of benzene rings is 2. The Morgan fingerprint density at radius 1 is 1.09 bits per heavy atom. The molecule has 0 fully saturated rings. The normalized spacial score (nSPS) is 13.1. The SMILES string of the molecule is O=C(NC(CCSCc1cncc(F)c1)C(=O)O)OCC1c2ccccc2-c2ccccc21. The number of amides is 1. The van der Waals surface area contributed by atoms with Crippen LogP contribution in [-0.4, -0.2) is 40.6 Å². The Morgan fingerprint density at radius 3 is 2.39 bits per heavy atom. The van der Waals surface area contributed by atoms with Gasteiger partial charge in [-0.2, -0.15) is 11.8 Å². The monoisotopic (exact) mass is 466 g/mol. The van der Waals surface area contributed by atoms with Crippen molar-refractivity contribution in [3.05, 3.63) is 89.5 Å². The van der Waals surface area contributed by atoms with Crippen LogP contribution in [0.15, 0.2) is 67.0 Å². The third kappa shape index (κ3) is 5.51. The van der Waals surface area contributed by atoms with E-state index in [1.54, 1.807) is 6.20 Å². The van der Waals surface area contributed by atoms with E-state index in [1.165, 1.54) is 17.8 Å². The van der Waals surface area contributed by atoms with Gasteiger partial charge in [0.15, 0.2) is 0 Å². The number of nitrogens with one attached hydrogen (secondary N) is 1. The first-order valence-electron chi connectivity index (χ1n) is 10.5. The molecule has 8 heteroatoms. The van der Waals surface area contributed by atoms with Crippen LogP contribution in [0.2, 0.25) is 0 Å². The van der Waals surface area contributed by atoms with Crippen molar-refractivity contribution in [3.63, 3.8) is 0 Å². The van der Waals surface area contributed by atoms with Crippen LogP contribution in [0, 0.1) is 5.82 Å². The average Bonchev–Trinajstić information content (AvgIpc) is 3.13. The Labute approximate surface area is 195 Å². The average molecular weight is 467 g/mol. The van der Waals surface area contributed by atoms with Crippen LogP contribution < -0.4 is 5.32 Å². The molecule has 0 aliphatic heterocycles. The van der Waals surface area contributed by atoms with E-state index >= 15 is 0 Å². The molecule has 2 aromatic carbocycles. The first-order chi connectivity index (χ1) is 16.0. The number of halogens is 1. The lowest BCUT2D eigenvalue weighted by molar-refractivity contribution is -0.139. The van der Waals surface area contributed by atoms with Gasteiger partial charge in [-0.1, -0.05) is 48.5 Å². The lowest BCUT2D eigenvalue weighted by Crippen LogP contribution is -2.41. The van der Waals surface area contributed by atoms with Gasteiger partial charge in [0.2, 0.25) is 0 Å². The molecule has 2 N–H and O–H groups in total. The molecular formula is C25H23FN2O4S. The number of hydrogen-bond acceptors (Lipinski definition) is 5. The molecule has 1 aromatic heterocycles. The van der Waals surface area contributed by atoms with E-state index in [-0.39, 0.29) is 18.9 Å². The topological polar surface area (TPSA) is 88.5 Å². The first-order valence-corrected chi connectivity index (χ1v) is 11.7. The zero-order valence-corrected chi connectivity index (χ0v) is 18.6. The maximum Gasteiger partial charge on any atom is 0.407 e. The standard InChI is InChI=1S/C25H23FN2O4S/c26-17-11-16(12-27-13-17)15-33-10-9-23(24(29)30)28-25(31)32-14-22-20-7-3-1-5-18(20)19-6-2-4-8-21(19)22/h1-8,11-13,22-23H,9-10,14-15H2,(H,28,31)(H,29,30). The molecule has 0 saturated heterocycles. The van der Waals surface area contributed by atoms with Crippen LogP contribution in [0.5, 0.6) is 0 Å². The van der Waals surface area contributed by atoms with Crippen molar-refractivity contribution in [1.29, 1.82) is 0 Å². The molecule has 0 saturated carbocycles. The van der Waals surface area contributed by atoms with Gasteiger partial charge in [0.1, 0.15) is 18.5 Å². The van der Waals surface area contributed by atoms with Crippen molar-refractivity contribution < 1.29 is 23.8 Å². The summed E-state index contributed by atoms with van der Waals surface area (Å²) in [7, 11) is 0. The highest BCUT2D eigenvalue weighted by Crippen LogP contribution is 2.44. The quantitative estimate of drug-likeness (QED) is 0.439. The van der Waals surface area contributed by atoms with Gasteiger partial charge < -0.3 is 15.2 Å². The highest BCUT2D eigenvalue weighted by Gasteiger charge is 2.29. The van der Waals surface area contributed by atoms with Crippen molar-refractivity contribution in [2.24, 2.45) is 0 Å². The van der Waals surface area contributed by atoms with Gasteiger partial charge in [-0.05, 0) is 46.1 Å². The second-order valence-electron chi connectivity index (χ2n) is 7.71. The van der Waals surface area contributed by atoms with Crippen molar-refractivity contribution in [3.8, 4) is 11.1 Å². The zero-order valence-electron chi connectivity index (χ0n) is 17.7. The fraction of sp³-hybridized carbons (Fsp3) is 0.240. The number of hydrogen-bond donors (Lipinski definition) is 2. The van der Waals surface area contributed by atoms with Gasteiger partial charge in [-0.3, -0.25) is 4.98 Å². The molecule has 1 unspecified atom stereocenters. The van der Waals surface area contributed by atoms with Gasteiger partial charge in [0, 0.05) is 17.9 Å². The number of alkyl carbamates (subject to hydrolysis) is 1. The molecule has 1 atom stereocenters. The van der Waals surface area contributed by atoms with Gasteiger partial charge in [0.05, 0.1) is 6.20 Å². The molecule has 1 aliphatic carbocycles. The largest absolute Gasteiger partial charge is 0.480 e. The van der Waals surface area contributed by atoms with Gasteiger partial charge >= 0.3 is 12.1 Å².